The standard InChI is InChI=1S/C9H15N5O3/c1-4(5(2)9(16)17)8(15)10-6(3)7-11-13-14-12-7/h4-6H,1-3H3,(H,10,15)(H,16,17)(H,11,12,13,14). The highest BCUT2D eigenvalue weighted by Gasteiger charge is 2.27. The number of carbonyl (C=O) groups is 2. The van der Waals surface area contributed by atoms with E-state index in [1.807, 2.05) is 0 Å². The molecule has 1 aromatic rings. The van der Waals surface area contributed by atoms with Crippen LogP contribution in [0.4, 0.5) is 0 Å². The van der Waals surface area contributed by atoms with E-state index in [2.05, 4.69) is 25.9 Å². The van der Waals surface area contributed by atoms with Crippen molar-refractivity contribution in [2.24, 2.45) is 11.8 Å². The first-order valence-electron chi connectivity index (χ1n) is 5.20. The number of aliphatic carboxylic acids is 1. The minimum atomic E-state index is -1.00. The molecule has 0 aliphatic heterocycles. The number of rotatable bonds is 5. The van der Waals surface area contributed by atoms with Gasteiger partial charge >= 0.3 is 5.97 Å². The van der Waals surface area contributed by atoms with Gasteiger partial charge in [0.15, 0.2) is 5.82 Å². The summed E-state index contributed by atoms with van der Waals surface area (Å²) in [5, 5.41) is 24.5. The average Bonchev–Trinajstić information content (AvgIpc) is 2.80. The van der Waals surface area contributed by atoms with Gasteiger partial charge in [-0.05, 0) is 6.92 Å². The lowest BCUT2D eigenvalue weighted by Gasteiger charge is -2.17. The van der Waals surface area contributed by atoms with Crippen LogP contribution >= 0.6 is 0 Å². The van der Waals surface area contributed by atoms with E-state index in [1.54, 1.807) is 13.8 Å². The summed E-state index contributed by atoms with van der Waals surface area (Å²) in [6, 6.07) is -0.412. The molecule has 0 spiro atoms. The summed E-state index contributed by atoms with van der Waals surface area (Å²) >= 11 is 0. The lowest BCUT2D eigenvalue weighted by atomic mass is 9.95. The van der Waals surface area contributed by atoms with Crippen LogP contribution in [0, 0.1) is 11.8 Å². The molecule has 0 saturated carbocycles. The minimum absolute atomic E-state index is 0.350. The van der Waals surface area contributed by atoms with Crippen LogP contribution in [0.5, 0.6) is 0 Å². The zero-order chi connectivity index (χ0) is 13.0. The van der Waals surface area contributed by atoms with Crippen molar-refractivity contribution < 1.29 is 14.7 Å². The normalized spacial score (nSPS) is 15.9. The Morgan fingerprint density at radius 1 is 1.29 bits per heavy atom. The van der Waals surface area contributed by atoms with E-state index >= 15 is 0 Å². The highest BCUT2D eigenvalue weighted by atomic mass is 16.4. The molecule has 3 N–H and O–H groups in total. The summed E-state index contributed by atoms with van der Waals surface area (Å²) in [6.07, 6.45) is 0. The van der Waals surface area contributed by atoms with E-state index in [0.717, 1.165) is 0 Å². The Morgan fingerprint density at radius 3 is 2.41 bits per heavy atom. The SMILES string of the molecule is CC(NC(=O)C(C)C(C)C(=O)O)c1nn[nH]n1. The van der Waals surface area contributed by atoms with Gasteiger partial charge in [0.2, 0.25) is 5.91 Å². The van der Waals surface area contributed by atoms with Crippen molar-refractivity contribution in [3.8, 4) is 0 Å². The molecule has 1 aromatic heterocycles. The largest absolute Gasteiger partial charge is 0.481 e. The maximum atomic E-state index is 11.7. The number of aromatic nitrogens is 4. The summed E-state index contributed by atoms with van der Waals surface area (Å²) in [6.45, 7) is 4.75. The van der Waals surface area contributed by atoms with E-state index in [9.17, 15) is 9.59 Å². The van der Waals surface area contributed by atoms with Crippen LogP contribution in [0.15, 0.2) is 0 Å². The summed E-state index contributed by atoms with van der Waals surface area (Å²) in [5.74, 6) is -2.36. The van der Waals surface area contributed by atoms with Gasteiger partial charge in [0.25, 0.3) is 0 Å². The number of H-pyrrole nitrogens is 1. The van der Waals surface area contributed by atoms with Crippen molar-refractivity contribution in [1.29, 1.82) is 0 Å². The van der Waals surface area contributed by atoms with Gasteiger partial charge in [0.05, 0.1) is 12.0 Å². The van der Waals surface area contributed by atoms with Gasteiger partial charge in [-0.2, -0.15) is 5.21 Å². The molecule has 17 heavy (non-hydrogen) atoms. The molecule has 0 fully saturated rings. The quantitative estimate of drug-likeness (QED) is 0.652. The Morgan fingerprint density at radius 2 is 1.94 bits per heavy atom. The molecule has 1 amide bonds. The average molecular weight is 241 g/mol. The minimum Gasteiger partial charge on any atom is -0.481 e. The van der Waals surface area contributed by atoms with Crippen LogP contribution in [0.1, 0.15) is 32.6 Å². The molecule has 3 atom stereocenters. The van der Waals surface area contributed by atoms with Crippen LogP contribution in [0.25, 0.3) is 0 Å². The molecule has 0 aromatic carbocycles. The smallest absolute Gasteiger partial charge is 0.307 e. The molecule has 1 rings (SSSR count). The van der Waals surface area contributed by atoms with Crippen molar-refractivity contribution in [2.45, 2.75) is 26.8 Å². The van der Waals surface area contributed by atoms with Crippen molar-refractivity contribution in [3.63, 3.8) is 0 Å². The first-order chi connectivity index (χ1) is 7.93. The third-order valence-corrected chi connectivity index (χ3v) is 2.66. The van der Waals surface area contributed by atoms with Crippen molar-refractivity contribution in [2.75, 3.05) is 0 Å². The fraction of sp³-hybridized carbons (Fsp3) is 0.667. The summed E-state index contributed by atoms with van der Waals surface area (Å²) in [4.78, 5) is 22.5. The Labute approximate surface area is 97.8 Å². The Kier molecular flexibility index (Phi) is 4.13. The predicted octanol–water partition coefficient (Wildman–Crippen LogP) is -0.266. The Bertz CT molecular complexity index is 391. The monoisotopic (exact) mass is 241 g/mol. The van der Waals surface area contributed by atoms with Gasteiger partial charge in [0, 0.05) is 5.92 Å². The van der Waals surface area contributed by atoms with Crippen LogP contribution in [0.2, 0.25) is 0 Å². The van der Waals surface area contributed by atoms with E-state index < -0.39 is 23.8 Å². The van der Waals surface area contributed by atoms with Crippen molar-refractivity contribution in [3.05, 3.63) is 5.82 Å². The third kappa shape index (κ3) is 3.23. The molecule has 94 valence electrons. The predicted molar refractivity (Wildman–Crippen MR) is 56.7 cm³/mol. The van der Waals surface area contributed by atoms with Gasteiger partial charge in [-0.1, -0.05) is 19.1 Å². The van der Waals surface area contributed by atoms with Crippen LogP contribution < -0.4 is 5.32 Å². The number of hydrogen-bond donors (Lipinski definition) is 3. The maximum Gasteiger partial charge on any atom is 0.307 e. The Hall–Kier alpha value is -1.99. The fourth-order valence-corrected chi connectivity index (χ4v) is 1.20. The molecule has 0 radical (unpaired) electrons. The van der Waals surface area contributed by atoms with Gasteiger partial charge in [-0.25, -0.2) is 0 Å². The Balaban J connectivity index is 2.57. The summed E-state index contributed by atoms with van der Waals surface area (Å²) in [7, 11) is 0. The number of hydrogen-bond acceptors (Lipinski definition) is 5. The van der Waals surface area contributed by atoms with E-state index in [1.165, 1.54) is 6.92 Å². The van der Waals surface area contributed by atoms with Gasteiger partial charge < -0.3 is 10.4 Å². The second kappa shape index (κ2) is 5.37. The van der Waals surface area contributed by atoms with Crippen molar-refractivity contribution >= 4 is 11.9 Å². The molecule has 0 saturated heterocycles. The van der Waals surface area contributed by atoms with E-state index in [-0.39, 0.29) is 5.91 Å². The topological polar surface area (TPSA) is 121 Å². The van der Waals surface area contributed by atoms with Gasteiger partial charge in [0.1, 0.15) is 0 Å². The van der Waals surface area contributed by atoms with Gasteiger partial charge in [-0.15, -0.1) is 10.2 Å². The summed E-state index contributed by atoms with van der Waals surface area (Å²) < 4.78 is 0. The number of nitrogens with zero attached hydrogens (tertiary/aromatic N) is 3. The van der Waals surface area contributed by atoms with Crippen molar-refractivity contribution in [1.82, 2.24) is 25.9 Å². The first-order valence-corrected chi connectivity index (χ1v) is 5.20. The van der Waals surface area contributed by atoms with Crippen LogP contribution in [-0.4, -0.2) is 37.6 Å². The molecule has 3 unspecified atom stereocenters. The number of nitrogens with one attached hydrogen (secondary N) is 2. The maximum absolute atomic E-state index is 11.7. The molecule has 0 aliphatic carbocycles. The van der Waals surface area contributed by atoms with Crippen LogP contribution in [0.3, 0.4) is 0 Å². The zero-order valence-electron chi connectivity index (χ0n) is 9.84. The number of tetrazole rings is 1. The fourth-order valence-electron chi connectivity index (χ4n) is 1.20. The second-order valence-corrected chi connectivity index (χ2v) is 3.92. The molecule has 8 nitrogen and oxygen atoms in total. The van der Waals surface area contributed by atoms with Gasteiger partial charge in [-0.3, -0.25) is 9.59 Å². The molecule has 0 bridgehead atoms. The molecule has 8 heteroatoms. The number of carboxylic acid groups (broad SMARTS) is 1. The lowest BCUT2D eigenvalue weighted by Crippen LogP contribution is -2.36. The zero-order valence-corrected chi connectivity index (χ0v) is 9.84. The van der Waals surface area contributed by atoms with Crippen LogP contribution in [-0.2, 0) is 9.59 Å². The first kappa shape index (κ1) is 13.1. The molecule has 0 aliphatic rings. The number of carbonyl (C=O) groups excluding carboxylic acids is 1. The number of amides is 1. The highest BCUT2D eigenvalue weighted by Crippen LogP contribution is 2.13. The van der Waals surface area contributed by atoms with E-state index in [4.69, 9.17) is 5.11 Å². The number of aromatic amines is 1. The molecular weight excluding hydrogens is 226 g/mol. The second-order valence-electron chi connectivity index (χ2n) is 3.92. The summed E-state index contributed by atoms with van der Waals surface area (Å²) in [5.41, 5.74) is 0. The lowest BCUT2D eigenvalue weighted by molar-refractivity contribution is -0.146. The molecular formula is C9H15N5O3. The number of carboxylic acids is 1. The third-order valence-electron chi connectivity index (χ3n) is 2.66. The van der Waals surface area contributed by atoms with E-state index in [0.29, 0.717) is 5.82 Å². The highest BCUT2D eigenvalue weighted by molar-refractivity contribution is 5.84. The molecule has 1 heterocycles.